The molecule has 0 amide bonds. The van der Waals surface area contributed by atoms with Crippen molar-refractivity contribution in [3.63, 3.8) is 0 Å². The molecule has 1 atom stereocenters. The van der Waals surface area contributed by atoms with Crippen molar-refractivity contribution in [3.05, 3.63) is 11.7 Å². The predicted molar refractivity (Wildman–Crippen MR) is 55.2 cm³/mol. The molecule has 4 nitrogen and oxygen atoms in total. The van der Waals surface area contributed by atoms with E-state index >= 15 is 0 Å². The molecule has 4 heteroatoms. The smallest absolute Gasteiger partial charge is 0.229 e. The van der Waals surface area contributed by atoms with Crippen LogP contribution < -0.4 is 5.73 Å². The maximum atomic E-state index is 6.23. The second kappa shape index (κ2) is 3.04. The zero-order valence-electron chi connectivity index (χ0n) is 9.07. The van der Waals surface area contributed by atoms with Crippen LogP contribution in [0.5, 0.6) is 0 Å². The summed E-state index contributed by atoms with van der Waals surface area (Å²) in [6.07, 6.45) is 5.97. The largest absolute Gasteiger partial charge is 0.339 e. The summed E-state index contributed by atoms with van der Waals surface area (Å²) in [4.78, 5) is 4.42. The van der Waals surface area contributed by atoms with Crippen molar-refractivity contribution < 1.29 is 4.52 Å². The predicted octanol–water partition coefficient (Wildman–Crippen LogP) is 1.92. The number of hydrogen-bond acceptors (Lipinski definition) is 4. The van der Waals surface area contributed by atoms with Crippen molar-refractivity contribution >= 4 is 0 Å². The van der Waals surface area contributed by atoms with Crippen LogP contribution in [0, 0.1) is 5.92 Å². The molecular formula is C11H17N3O. The summed E-state index contributed by atoms with van der Waals surface area (Å²) in [7, 11) is 0. The maximum Gasteiger partial charge on any atom is 0.229 e. The third-order valence-corrected chi connectivity index (χ3v) is 3.29. The Kier molecular flexibility index (Phi) is 1.89. The zero-order chi connectivity index (χ0) is 10.5. The quantitative estimate of drug-likeness (QED) is 0.819. The first-order chi connectivity index (χ1) is 7.15. The Balaban J connectivity index is 1.76. The second-order valence-corrected chi connectivity index (χ2v) is 5.30. The molecule has 15 heavy (non-hydrogen) atoms. The van der Waals surface area contributed by atoms with Gasteiger partial charge in [0.1, 0.15) is 0 Å². The first kappa shape index (κ1) is 9.33. The molecule has 1 unspecified atom stereocenters. The van der Waals surface area contributed by atoms with Crippen LogP contribution in [0.3, 0.4) is 0 Å². The van der Waals surface area contributed by atoms with Crippen molar-refractivity contribution in [2.45, 2.75) is 50.5 Å². The van der Waals surface area contributed by atoms with Crippen molar-refractivity contribution in [3.8, 4) is 0 Å². The van der Waals surface area contributed by atoms with E-state index < -0.39 is 5.54 Å². The number of hydrogen-bond donors (Lipinski definition) is 1. The summed E-state index contributed by atoms with van der Waals surface area (Å²) in [5.41, 5.74) is 5.82. The molecule has 0 saturated heterocycles. The Labute approximate surface area is 89.2 Å². The molecule has 2 fully saturated rings. The Morgan fingerprint density at radius 2 is 2.13 bits per heavy atom. The lowest BCUT2D eigenvalue weighted by Gasteiger charge is -2.19. The molecule has 3 rings (SSSR count). The average Bonchev–Trinajstić information content (AvgIpc) is 3.09. The van der Waals surface area contributed by atoms with Crippen LogP contribution in [0.2, 0.25) is 0 Å². The highest BCUT2D eigenvalue weighted by molar-refractivity contribution is 5.08. The van der Waals surface area contributed by atoms with Gasteiger partial charge in [0.05, 0.1) is 5.54 Å². The Bertz CT molecular complexity index is 364. The first-order valence-corrected chi connectivity index (χ1v) is 5.78. The normalized spacial score (nSPS) is 25.2. The van der Waals surface area contributed by atoms with Gasteiger partial charge in [-0.3, -0.25) is 0 Å². The molecule has 1 aromatic rings. The van der Waals surface area contributed by atoms with Crippen LogP contribution in [-0.4, -0.2) is 10.1 Å². The van der Waals surface area contributed by atoms with Gasteiger partial charge in [-0.25, -0.2) is 0 Å². The van der Waals surface area contributed by atoms with E-state index in [4.69, 9.17) is 10.3 Å². The summed E-state index contributed by atoms with van der Waals surface area (Å²) in [5, 5.41) is 4.02. The Morgan fingerprint density at radius 1 is 1.40 bits per heavy atom. The molecule has 2 saturated carbocycles. The molecule has 0 aromatic carbocycles. The van der Waals surface area contributed by atoms with Crippen LogP contribution in [0.25, 0.3) is 0 Å². The topological polar surface area (TPSA) is 64.9 Å². The number of rotatable bonds is 4. The average molecular weight is 207 g/mol. The molecule has 1 aromatic heterocycles. The molecule has 1 heterocycles. The summed E-state index contributed by atoms with van der Waals surface area (Å²) < 4.78 is 5.24. The van der Waals surface area contributed by atoms with E-state index in [1.54, 1.807) is 0 Å². The number of aromatic nitrogens is 2. The highest BCUT2D eigenvalue weighted by Gasteiger charge is 2.37. The lowest BCUT2D eigenvalue weighted by molar-refractivity contribution is 0.342. The van der Waals surface area contributed by atoms with Gasteiger partial charge in [0.25, 0.3) is 0 Å². The van der Waals surface area contributed by atoms with Crippen LogP contribution in [0.15, 0.2) is 4.52 Å². The van der Waals surface area contributed by atoms with Gasteiger partial charge in [-0.1, -0.05) is 18.0 Å². The second-order valence-electron chi connectivity index (χ2n) is 5.30. The molecule has 82 valence electrons. The maximum absolute atomic E-state index is 6.23. The van der Waals surface area contributed by atoms with Crippen LogP contribution in [-0.2, 0) is 5.54 Å². The highest BCUT2D eigenvalue weighted by atomic mass is 16.5. The minimum Gasteiger partial charge on any atom is -0.339 e. The van der Waals surface area contributed by atoms with Crippen LogP contribution in [0.4, 0.5) is 0 Å². The van der Waals surface area contributed by atoms with Gasteiger partial charge >= 0.3 is 0 Å². The van der Waals surface area contributed by atoms with E-state index in [-0.39, 0.29) is 0 Å². The lowest BCUT2D eigenvalue weighted by atomic mass is 9.95. The standard InChI is InChI=1S/C11H17N3O/c1-11(12,6-7-2-3-7)10-13-9(15-14-10)8-4-5-8/h7-8H,2-6,12H2,1H3. The minimum atomic E-state index is -0.405. The first-order valence-electron chi connectivity index (χ1n) is 5.78. The molecule has 2 aliphatic carbocycles. The monoisotopic (exact) mass is 207 g/mol. The van der Waals surface area contributed by atoms with Gasteiger partial charge in [-0.05, 0) is 32.1 Å². The van der Waals surface area contributed by atoms with Crippen molar-refractivity contribution in [1.29, 1.82) is 0 Å². The summed E-state index contributed by atoms with van der Waals surface area (Å²) in [6, 6.07) is 0. The van der Waals surface area contributed by atoms with Gasteiger partial charge in [-0.2, -0.15) is 4.98 Å². The van der Waals surface area contributed by atoms with E-state index in [2.05, 4.69) is 10.1 Å². The van der Waals surface area contributed by atoms with Crippen molar-refractivity contribution in [2.24, 2.45) is 11.7 Å². The number of nitrogens with zero attached hydrogens (tertiary/aromatic N) is 2. The molecule has 2 N–H and O–H groups in total. The fraction of sp³-hybridized carbons (Fsp3) is 0.818. The minimum absolute atomic E-state index is 0.405. The molecular weight excluding hydrogens is 190 g/mol. The fourth-order valence-corrected chi connectivity index (χ4v) is 1.98. The van der Waals surface area contributed by atoms with E-state index in [0.29, 0.717) is 11.7 Å². The SMILES string of the molecule is CC(N)(CC1CC1)c1noc(C2CC2)n1. The van der Waals surface area contributed by atoms with Crippen molar-refractivity contribution in [2.75, 3.05) is 0 Å². The molecule has 0 aliphatic heterocycles. The lowest BCUT2D eigenvalue weighted by Crippen LogP contribution is -2.34. The Hall–Kier alpha value is -0.900. The molecule has 0 radical (unpaired) electrons. The summed E-state index contributed by atoms with van der Waals surface area (Å²) >= 11 is 0. The van der Waals surface area contributed by atoms with E-state index in [1.165, 1.54) is 25.7 Å². The van der Waals surface area contributed by atoms with Gasteiger partial charge in [0.15, 0.2) is 5.82 Å². The summed E-state index contributed by atoms with van der Waals surface area (Å²) in [6.45, 7) is 2.01. The van der Waals surface area contributed by atoms with Crippen LogP contribution >= 0.6 is 0 Å². The fourth-order valence-electron chi connectivity index (χ4n) is 1.98. The third kappa shape index (κ3) is 1.91. The van der Waals surface area contributed by atoms with E-state index in [9.17, 15) is 0 Å². The van der Waals surface area contributed by atoms with Crippen molar-refractivity contribution in [1.82, 2.24) is 10.1 Å². The molecule has 0 bridgehead atoms. The highest BCUT2D eigenvalue weighted by Crippen LogP contribution is 2.41. The molecule has 0 spiro atoms. The Morgan fingerprint density at radius 3 is 2.73 bits per heavy atom. The van der Waals surface area contributed by atoms with Gasteiger partial charge in [-0.15, -0.1) is 0 Å². The third-order valence-electron chi connectivity index (χ3n) is 3.29. The van der Waals surface area contributed by atoms with E-state index in [1.807, 2.05) is 6.92 Å². The van der Waals surface area contributed by atoms with Gasteiger partial charge in [0.2, 0.25) is 5.89 Å². The van der Waals surface area contributed by atoms with Crippen LogP contribution in [0.1, 0.15) is 56.7 Å². The zero-order valence-corrected chi connectivity index (χ0v) is 9.07. The summed E-state index contributed by atoms with van der Waals surface area (Å²) in [5.74, 6) is 2.78. The number of nitrogens with two attached hydrogens (primary N) is 1. The van der Waals surface area contributed by atoms with Gasteiger partial charge in [0, 0.05) is 5.92 Å². The van der Waals surface area contributed by atoms with Gasteiger partial charge < -0.3 is 10.3 Å². The molecule has 2 aliphatic rings. The van der Waals surface area contributed by atoms with E-state index in [0.717, 1.165) is 18.2 Å².